The van der Waals surface area contributed by atoms with Gasteiger partial charge in [-0.2, -0.15) is 0 Å². The molecule has 0 aromatic heterocycles. The van der Waals surface area contributed by atoms with Gasteiger partial charge in [0.15, 0.2) is 0 Å². The Morgan fingerprint density at radius 1 is 1.22 bits per heavy atom. The largest absolute Gasteiger partial charge is 0.475 e. The molecule has 0 aromatic carbocycles. The minimum absolute atomic E-state index is 0.0112. The van der Waals surface area contributed by atoms with Gasteiger partial charge in [-0.25, -0.2) is 0 Å². The van der Waals surface area contributed by atoms with E-state index in [0.717, 1.165) is 25.2 Å². The van der Waals surface area contributed by atoms with Crippen LogP contribution in [-0.2, 0) is 9.31 Å². The Hall–Kier alpha value is -0.315. The summed E-state index contributed by atoms with van der Waals surface area (Å²) in [6, 6.07) is 0. The standard InChI is InChI=1S/C19H34BNO2/c1-5-6-7-8-9-10-11-17(21)20-22-16-13-14-12-15(18(14,2)3)19(16,4)23-20/h5,14-17H,1,6-13,21H2,2-4H3/t14?,15?,16-,17+,19?/m1/s1. The van der Waals surface area contributed by atoms with Crippen LogP contribution in [0, 0.1) is 17.3 Å². The van der Waals surface area contributed by atoms with Crippen molar-refractivity contribution < 1.29 is 9.31 Å². The third-order valence-electron chi connectivity index (χ3n) is 7.01. The van der Waals surface area contributed by atoms with Gasteiger partial charge in [0.25, 0.3) is 0 Å². The lowest BCUT2D eigenvalue weighted by Gasteiger charge is -2.64. The molecule has 0 aromatic rings. The second-order valence-corrected chi connectivity index (χ2v) is 8.78. The summed E-state index contributed by atoms with van der Waals surface area (Å²) in [5.41, 5.74) is 6.67. The maximum absolute atomic E-state index is 6.44. The molecule has 4 fully saturated rings. The minimum atomic E-state index is -0.201. The van der Waals surface area contributed by atoms with E-state index in [1.165, 1.54) is 32.1 Å². The Morgan fingerprint density at radius 3 is 2.65 bits per heavy atom. The van der Waals surface area contributed by atoms with E-state index in [-0.39, 0.29) is 24.8 Å². The first-order valence-electron chi connectivity index (χ1n) is 9.59. The molecule has 4 aliphatic rings. The van der Waals surface area contributed by atoms with Crippen molar-refractivity contribution in [1.82, 2.24) is 0 Å². The number of unbranched alkanes of at least 4 members (excludes halogenated alkanes) is 4. The van der Waals surface area contributed by atoms with Crippen molar-refractivity contribution in [3.63, 3.8) is 0 Å². The summed E-state index contributed by atoms with van der Waals surface area (Å²) in [6.07, 6.45) is 11.7. The molecule has 1 saturated heterocycles. The van der Waals surface area contributed by atoms with Crippen molar-refractivity contribution in [2.24, 2.45) is 23.0 Å². The smallest absolute Gasteiger partial charge is 0.404 e. The Labute approximate surface area is 142 Å². The fourth-order valence-electron chi connectivity index (χ4n) is 5.24. The highest BCUT2D eigenvalue weighted by atomic mass is 16.7. The molecule has 0 amide bonds. The predicted molar refractivity (Wildman–Crippen MR) is 96.0 cm³/mol. The van der Waals surface area contributed by atoms with E-state index < -0.39 is 0 Å². The summed E-state index contributed by atoms with van der Waals surface area (Å²) in [6.45, 7) is 10.8. The number of nitrogens with two attached hydrogens (primary N) is 1. The van der Waals surface area contributed by atoms with Crippen LogP contribution in [0.5, 0.6) is 0 Å². The quantitative estimate of drug-likeness (QED) is 0.416. The first-order valence-corrected chi connectivity index (χ1v) is 9.59. The molecule has 3 saturated carbocycles. The molecule has 130 valence electrons. The van der Waals surface area contributed by atoms with Gasteiger partial charge < -0.3 is 15.0 Å². The highest BCUT2D eigenvalue weighted by Crippen LogP contribution is 2.65. The lowest BCUT2D eigenvalue weighted by atomic mass is 9.43. The molecule has 2 bridgehead atoms. The van der Waals surface area contributed by atoms with Crippen LogP contribution in [0.2, 0.25) is 0 Å². The molecule has 5 atom stereocenters. The maximum atomic E-state index is 6.44. The fourth-order valence-corrected chi connectivity index (χ4v) is 5.24. The van der Waals surface area contributed by atoms with Crippen LogP contribution in [0.15, 0.2) is 12.7 Å². The van der Waals surface area contributed by atoms with Gasteiger partial charge in [-0.3, -0.25) is 0 Å². The van der Waals surface area contributed by atoms with E-state index in [9.17, 15) is 0 Å². The average molecular weight is 319 g/mol. The molecule has 1 heterocycles. The molecule has 4 heteroatoms. The van der Waals surface area contributed by atoms with E-state index in [1.807, 2.05) is 6.08 Å². The Bertz CT molecular complexity index is 441. The molecule has 4 rings (SSSR count). The van der Waals surface area contributed by atoms with Gasteiger partial charge in [-0.15, -0.1) is 6.58 Å². The zero-order valence-corrected chi connectivity index (χ0v) is 15.2. The van der Waals surface area contributed by atoms with Crippen LogP contribution in [0.3, 0.4) is 0 Å². The van der Waals surface area contributed by atoms with E-state index >= 15 is 0 Å². The SMILES string of the molecule is C=CCCCCCC[C@H](N)B1O[C@@H]2CC3CC(C3(C)C)C2(C)O1. The molecule has 23 heavy (non-hydrogen) atoms. The van der Waals surface area contributed by atoms with Crippen LogP contribution in [0.4, 0.5) is 0 Å². The van der Waals surface area contributed by atoms with Gasteiger partial charge in [-0.05, 0) is 56.3 Å². The zero-order chi connectivity index (χ0) is 16.7. The molecule has 3 aliphatic carbocycles. The number of hydrogen-bond acceptors (Lipinski definition) is 3. The first-order chi connectivity index (χ1) is 10.9. The average Bonchev–Trinajstić information content (AvgIpc) is 2.87. The van der Waals surface area contributed by atoms with Crippen molar-refractivity contribution in [3.8, 4) is 0 Å². The maximum Gasteiger partial charge on any atom is 0.475 e. The monoisotopic (exact) mass is 319 g/mol. The molecular weight excluding hydrogens is 285 g/mol. The van der Waals surface area contributed by atoms with E-state index in [2.05, 4.69) is 27.4 Å². The zero-order valence-electron chi connectivity index (χ0n) is 15.2. The van der Waals surface area contributed by atoms with Crippen LogP contribution in [0.1, 0.15) is 72.1 Å². The summed E-state index contributed by atoms with van der Waals surface area (Å²) in [5, 5.41) is 0. The Balaban J connectivity index is 1.47. The highest BCUT2D eigenvalue weighted by molar-refractivity contribution is 6.47. The number of hydrogen-bond donors (Lipinski definition) is 1. The minimum Gasteiger partial charge on any atom is -0.404 e. The van der Waals surface area contributed by atoms with Crippen LogP contribution in [0.25, 0.3) is 0 Å². The fraction of sp³-hybridized carbons (Fsp3) is 0.895. The van der Waals surface area contributed by atoms with Crippen molar-refractivity contribution in [1.29, 1.82) is 0 Å². The summed E-state index contributed by atoms with van der Waals surface area (Å²) in [5.74, 6) is 1.43. The molecule has 3 nitrogen and oxygen atoms in total. The number of rotatable bonds is 8. The van der Waals surface area contributed by atoms with Crippen molar-refractivity contribution in [2.75, 3.05) is 0 Å². The molecule has 2 N–H and O–H groups in total. The molecule has 3 unspecified atom stereocenters. The normalized spacial score (nSPS) is 38.8. The third-order valence-corrected chi connectivity index (χ3v) is 7.01. The lowest BCUT2D eigenvalue weighted by Crippen LogP contribution is -2.65. The van der Waals surface area contributed by atoms with Crippen molar-refractivity contribution in [2.45, 2.75) is 89.8 Å². The van der Waals surface area contributed by atoms with Crippen molar-refractivity contribution in [3.05, 3.63) is 12.7 Å². The molecule has 1 aliphatic heterocycles. The van der Waals surface area contributed by atoms with Gasteiger partial charge in [-0.1, -0.05) is 39.2 Å². The topological polar surface area (TPSA) is 44.5 Å². The first kappa shape index (κ1) is 17.5. The van der Waals surface area contributed by atoms with Gasteiger partial charge in [0.05, 0.1) is 11.7 Å². The van der Waals surface area contributed by atoms with Crippen LogP contribution in [-0.4, -0.2) is 24.8 Å². The third kappa shape index (κ3) is 3.03. The predicted octanol–water partition coefficient (Wildman–Crippen LogP) is 4.11. The molecule has 0 radical (unpaired) electrons. The van der Waals surface area contributed by atoms with Gasteiger partial charge in [0.2, 0.25) is 0 Å². The number of allylic oxidation sites excluding steroid dienone is 1. The second-order valence-electron chi connectivity index (χ2n) is 8.78. The summed E-state index contributed by atoms with van der Waals surface area (Å²) >= 11 is 0. The van der Waals surface area contributed by atoms with Gasteiger partial charge in [0, 0.05) is 5.94 Å². The second kappa shape index (κ2) is 6.53. The van der Waals surface area contributed by atoms with Crippen LogP contribution < -0.4 is 5.73 Å². The van der Waals surface area contributed by atoms with Crippen LogP contribution >= 0.6 is 0 Å². The van der Waals surface area contributed by atoms with Gasteiger partial charge >= 0.3 is 7.12 Å². The molecule has 0 spiro atoms. The highest BCUT2D eigenvalue weighted by Gasteiger charge is 2.68. The lowest BCUT2D eigenvalue weighted by molar-refractivity contribution is -0.199. The summed E-state index contributed by atoms with van der Waals surface area (Å²) in [4.78, 5) is 0. The van der Waals surface area contributed by atoms with E-state index in [1.54, 1.807) is 0 Å². The Morgan fingerprint density at radius 2 is 1.96 bits per heavy atom. The van der Waals surface area contributed by atoms with Gasteiger partial charge in [0.1, 0.15) is 0 Å². The summed E-state index contributed by atoms with van der Waals surface area (Å²) in [7, 11) is -0.201. The summed E-state index contributed by atoms with van der Waals surface area (Å²) < 4.78 is 12.7. The molecular formula is C19H34BNO2. The van der Waals surface area contributed by atoms with Crippen molar-refractivity contribution >= 4 is 7.12 Å². The van der Waals surface area contributed by atoms with E-state index in [4.69, 9.17) is 15.0 Å². The Kier molecular flexibility index (Phi) is 4.97. The van der Waals surface area contributed by atoms with E-state index in [0.29, 0.717) is 11.3 Å².